The summed E-state index contributed by atoms with van der Waals surface area (Å²) >= 11 is 0. The van der Waals surface area contributed by atoms with E-state index in [4.69, 9.17) is 28.5 Å². The molecule has 1 fully saturated rings. The van der Waals surface area contributed by atoms with Gasteiger partial charge in [0.15, 0.2) is 42.3 Å². The van der Waals surface area contributed by atoms with E-state index in [9.17, 15) is 4.79 Å². The molecule has 0 bridgehead atoms. The highest BCUT2D eigenvalue weighted by atomic mass is 28.4. The van der Waals surface area contributed by atoms with Gasteiger partial charge < -0.3 is 28.5 Å². The lowest BCUT2D eigenvalue weighted by molar-refractivity contribution is -0.0497. The molecule has 0 unspecified atom stereocenters. The van der Waals surface area contributed by atoms with Gasteiger partial charge in [0.25, 0.3) is 5.56 Å². The number of ether oxygens (including phenoxy) is 2. The zero-order valence-electron chi connectivity index (χ0n) is 29.4. The minimum Gasteiger partial charge on any atom is -0.468 e. The Morgan fingerprint density at radius 2 is 1.33 bits per heavy atom. The summed E-state index contributed by atoms with van der Waals surface area (Å²) in [6.45, 7) is 33.7. The van der Waals surface area contributed by atoms with Gasteiger partial charge in [0.2, 0.25) is 5.95 Å². The zero-order chi connectivity index (χ0) is 33.1. The monoisotopic (exact) mass is 655 g/mol. The smallest absolute Gasteiger partial charge is 0.300 e. The summed E-state index contributed by atoms with van der Waals surface area (Å²) in [6, 6.07) is 0.185. The number of fused-ring (bicyclic) bond motifs is 1. The van der Waals surface area contributed by atoms with Crippen LogP contribution in [-0.2, 0) is 18.0 Å². The van der Waals surface area contributed by atoms with Gasteiger partial charge in [0.1, 0.15) is 18.3 Å². The van der Waals surface area contributed by atoms with Crippen molar-refractivity contribution in [1.82, 2.24) is 19.5 Å². The lowest BCUT2D eigenvalue weighted by Gasteiger charge is -2.44. The number of nitrogen functional groups attached to an aromatic ring is 1. The van der Waals surface area contributed by atoms with Crippen LogP contribution in [-0.4, -0.2) is 76.5 Å². The number of anilines is 1. The van der Waals surface area contributed by atoms with E-state index < -0.39 is 55.1 Å². The molecule has 1 saturated heterocycles. The van der Waals surface area contributed by atoms with Gasteiger partial charge in [0.05, 0.1) is 13.7 Å². The number of nitrogens with one attached hydrogen (secondary N) is 1. The number of rotatable bonds is 9. The molecule has 43 heavy (non-hydrogen) atoms. The van der Waals surface area contributed by atoms with Crippen LogP contribution in [0.25, 0.3) is 11.2 Å². The lowest BCUT2D eigenvalue weighted by Crippen LogP contribution is -2.54. The van der Waals surface area contributed by atoms with Gasteiger partial charge in [0, 0.05) is 0 Å². The Morgan fingerprint density at radius 1 is 0.837 bits per heavy atom. The number of aromatic nitrogens is 4. The average Bonchev–Trinajstić information content (AvgIpc) is 3.33. The van der Waals surface area contributed by atoms with Crippen LogP contribution in [0.15, 0.2) is 4.79 Å². The third-order valence-corrected chi connectivity index (χ3v) is 23.6. The molecule has 0 radical (unpaired) electrons. The molecule has 2 aromatic rings. The van der Waals surface area contributed by atoms with Crippen molar-refractivity contribution in [1.29, 1.82) is 0 Å². The molecule has 4 atom stereocenters. The fourth-order valence-corrected chi connectivity index (χ4v) is 7.83. The van der Waals surface area contributed by atoms with Crippen LogP contribution in [0.3, 0.4) is 0 Å². The predicted octanol–water partition coefficient (Wildman–Crippen LogP) is 6.41. The summed E-state index contributed by atoms with van der Waals surface area (Å²) in [7, 11) is -5.34. The molecule has 3 heterocycles. The Balaban J connectivity index is 2.27. The standard InChI is InChI=1S/C29H57N5O6Si3/c1-27(2,3)41(11,12)37-17-18-20(39-42(13,14)28(4,5)6)21(40-43(15,16)29(7,8)9)24(38-18)34-22-19(31-26(34)36-10)23(35)33-25(30)32-22/h18,20-21,24H,17H2,1-16H3,(H3,30,32,33,35)/t18-,20-,21-,24-/m1/s1. The summed E-state index contributed by atoms with van der Waals surface area (Å²) < 4.78 is 35.5. The molecule has 2 aromatic heterocycles. The van der Waals surface area contributed by atoms with E-state index in [-0.39, 0.29) is 38.2 Å². The van der Waals surface area contributed by atoms with Crippen molar-refractivity contribution in [2.24, 2.45) is 0 Å². The van der Waals surface area contributed by atoms with Crippen molar-refractivity contribution in [3.8, 4) is 6.01 Å². The van der Waals surface area contributed by atoms with Crippen molar-refractivity contribution in [2.75, 3.05) is 19.5 Å². The number of hydrogen-bond acceptors (Lipinski definition) is 9. The molecule has 246 valence electrons. The molecule has 11 nitrogen and oxygen atoms in total. The van der Waals surface area contributed by atoms with Crippen LogP contribution in [0, 0.1) is 0 Å². The first-order valence-corrected chi connectivity index (χ1v) is 23.9. The van der Waals surface area contributed by atoms with E-state index in [1.54, 1.807) is 4.57 Å². The number of methoxy groups -OCH3 is 1. The molecule has 0 aliphatic carbocycles. The van der Waals surface area contributed by atoms with Gasteiger partial charge >= 0.3 is 6.01 Å². The molecule has 0 spiro atoms. The van der Waals surface area contributed by atoms with Crippen molar-refractivity contribution in [2.45, 2.75) is 141 Å². The molecule has 3 rings (SSSR count). The van der Waals surface area contributed by atoms with E-state index in [2.05, 4.69) is 117 Å². The van der Waals surface area contributed by atoms with Crippen LogP contribution < -0.4 is 16.0 Å². The van der Waals surface area contributed by atoms with E-state index in [0.717, 1.165) is 0 Å². The van der Waals surface area contributed by atoms with E-state index in [1.807, 2.05) is 0 Å². The molecule has 1 aliphatic heterocycles. The average molecular weight is 656 g/mol. The summed E-state index contributed by atoms with van der Waals surface area (Å²) in [5.74, 6) is -0.0203. The van der Waals surface area contributed by atoms with Gasteiger partial charge in [-0.15, -0.1) is 0 Å². The predicted molar refractivity (Wildman–Crippen MR) is 180 cm³/mol. The van der Waals surface area contributed by atoms with Gasteiger partial charge in [-0.3, -0.25) is 9.78 Å². The van der Waals surface area contributed by atoms with Crippen LogP contribution >= 0.6 is 0 Å². The normalized spacial score (nSPS) is 22.9. The number of nitrogens with zero attached hydrogens (tertiary/aromatic N) is 3. The van der Waals surface area contributed by atoms with Crippen molar-refractivity contribution < 1.29 is 22.8 Å². The van der Waals surface area contributed by atoms with Crippen LogP contribution in [0.5, 0.6) is 6.01 Å². The highest BCUT2D eigenvalue weighted by Gasteiger charge is 2.55. The number of hydrogen-bond donors (Lipinski definition) is 2. The van der Waals surface area contributed by atoms with Crippen molar-refractivity contribution in [3.05, 3.63) is 10.4 Å². The van der Waals surface area contributed by atoms with Crippen LogP contribution in [0.4, 0.5) is 5.95 Å². The lowest BCUT2D eigenvalue weighted by atomic mass is 10.1. The Morgan fingerprint density at radius 3 is 1.79 bits per heavy atom. The molecular weight excluding hydrogens is 599 g/mol. The first kappa shape index (κ1) is 35.9. The van der Waals surface area contributed by atoms with E-state index in [0.29, 0.717) is 6.61 Å². The quantitative estimate of drug-likeness (QED) is 0.294. The maximum atomic E-state index is 12.9. The van der Waals surface area contributed by atoms with Gasteiger partial charge in [-0.05, 0) is 54.4 Å². The first-order valence-electron chi connectivity index (χ1n) is 15.2. The third kappa shape index (κ3) is 7.15. The minimum absolute atomic E-state index is 0.0179. The molecule has 3 N–H and O–H groups in total. The Hall–Kier alpha value is -1.56. The fourth-order valence-electron chi connectivity index (χ4n) is 4.21. The van der Waals surface area contributed by atoms with Crippen molar-refractivity contribution in [3.63, 3.8) is 0 Å². The molecule has 1 aliphatic rings. The van der Waals surface area contributed by atoms with Gasteiger partial charge in [-0.1, -0.05) is 62.3 Å². The second-order valence-electron chi connectivity index (χ2n) is 16.4. The summed E-state index contributed by atoms with van der Waals surface area (Å²) in [6.07, 6.45) is -2.22. The Bertz CT molecular complexity index is 1350. The summed E-state index contributed by atoms with van der Waals surface area (Å²) in [4.78, 5) is 24.3. The molecular formula is C29H57N5O6Si3. The third-order valence-electron chi connectivity index (χ3n) is 10.1. The first-order chi connectivity index (χ1) is 19.2. The molecule has 0 aromatic carbocycles. The molecule has 0 amide bonds. The summed E-state index contributed by atoms with van der Waals surface area (Å²) in [5.41, 5.74) is 5.94. The second kappa shape index (κ2) is 11.7. The SMILES string of the molecule is COc1nc2c(=O)[nH]c(N)nc2n1[C@@H]1O[C@H](CO[Si](C)(C)C(C)(C)C)[C@@H](O[Si](C)(C)C(C)(C)C)[C@H]1O[Si](C)(C)C(C)(C)C. The van der Waals surface area contributed by atoms with Crippen molar-refractivity contribution >= 4 is 42.1 Å². The highest BCUT2D eigenvalue weighted by Crippen LogP contribution is 2.47. The Kier molecular flexibility index (Phi) is 9.74. The summed E-state index contributed by atoms with van der Waals surface area (Å²) in [5, 5.41) is -0.125. The van der Waals surface area contributed by atoms with E-state index in [1.165, 1.54) is 7.11 Å². The van der Waals surface area contributed by atoms with E-state index >= 15 is 0 Å². The maximum Gasteiger partial charge on any atom is 0.300 e. The Labute approximate surface area is 261 Å². The number of H-pyrrole nitrogens is 1. The number of aromatic amines is 1. The fraction of sp³-hybridized carbons (Fsp3) is 0.828. The van der Waals surface area contributed by atoms with Gasteiger partial charge in [-0.25, -0.2) is 4.57 Å². The highest BCUT2D eigenvalue weighted by molar-refractivity contribution is 6.75. The second-order valence-corrected chi connectivity index (χ2v) is 30.7. The van der Waals surface area contributed by atoms with Crippen LogP contribution in [0.2, 0.25) is 54.4 Å². The molecule has 0 saturated carbocycles. The largest absolute Gasteiger partial charge is 0.468 e. The minimum atomic E-state index is -2.39. The topological polar surface area (TPSA) is 136 Å². The van der Waals surface area contributed by atoms with Crippen LogP contribution in [0.1, 0.15) is 68.5 Å². The molecule has 14 heteroatoms. The number of nitrogens with two attached hydrogens (primary N) is 1. The van der Waals surface area contributed by atoms with Gasteiger partial charge in [-0.2, -0.15) is 9.97 Å². The zero-order valence-corrected chi connectivity index (χ0v) is 32.4. The maximum absolute atomic E-state index is 12.9. The number of imidazole rings is 1.